The zero-order chi connectivity index (χ0) is 20.4. The molecule has 0 spiro atoms. The highest BCUT2D eigenvalue weighted by atomic mass is 16.6. The Morgan fingerprint density at radius 2 is 0.857 bits per heavy atom. The molecule has 10 heteroatoms. The van der Waals surface area contributed by atoms with Crippen molar-refractivity contribution in [3.05, 3.63) is 91.0 Å². The summed E-state index contributed by atoms with van der Waals surface area (Å²) in [4.78, 5) is 31.9. The van der Waals surface area contributed by atoms with Crippen LogP contribution in [-0.2, 0) is 5.11 Å². The van der Waals surface area contributed by atoms with Crippen LogP contribution in [0.1, 0.15) is 0 Å². The fourth-order valence-corrected chi connectivity index (χ4v) is 2.98. The lowest BCUT2D eigenvalue weighted by Crippen LogP contribution is -2.04. The topological polar surface area (TPSA) is 149 Å². The fraction of sp³-hybridized carbons (Fsp3) is 0. The lowest BCUT2D eigenvalue weighted by Gasteiger charge is -2.11. The number of hydrogen-bond donors (Lipinski definition) is 0. The first kappa shape index (κ1) is 18.5. The maximum absolute atomic E-state index is 12.7. The zero-order valence-electron chi connectivity index (χ0n) is 14.0. The number of benzene rings is 3. The van der Waals surface area contributed by atoms with Crippen LogP contribution in [0.5, 0.6) is 5.75 Å². The van der Waals surface area contributed by atoms with Crippen molar-refractivity contribution in [2.45, 2.75) is 0 Å². The number of hydrogen-bond acceptors (Lipinski definition) is 6. The SMILES string of the molecule is [O]c1c([N+](=O)[O-])c(-c2ccccc2)c([N+](=O)[O-])c(-c2ccccc2)c1[N+](=O)[O-]. The van der Waals surface area contributed by atoms with Crippen LogP contribution in [0.3, 0.4) is 0 Å². The maximum atomic E-state index is 12.7. The third kappa shape index (κ3) is 2.98. The van der Waals surface area contributed by atoms with Crippen molar-refractivity contribution in [1.29, 1.82) is 0 Å². The van der Waals surface area contributed by atoms with E-state index in [2.05, 4.69) is 0 Å². The van der Waals surface area contributed by atoms with Crippen LogP contribution in [0.15, 0.2) is 60.7 Å². The maximum Gasteiger partial charge on any atom is 0.338 e. The first-order valence-corrected chi connectivity index (χ1v) is 7.79. The van der Waals surface area contributed by atoms with Gasteiger partial charge in [0.25, 0.3) is 5.69 Å². The van der Waals surface area contributed by atoms with Gasteiger partial charge < -0.3 is 0 Å². The van der Waals surface area contributed by atoms with Gasteiger partial charge in [-0.1, -0.05) is 60.7 Å². The minimum absolute atomic E-state index is 0.0325. The normalized spacial score (nSPS) is 10.4. The van der Waals surface area contributed by atoms with Gasteiger partial charge in [-0.3, -0.25) is 35.4 Å². The van der Waals surface area contributed by atoms with Crippen LogP contribution >= 0.6 is 0 Å². The van der Waals surface area contributed by atoms with Crippen molar-refractivity contribution >= 4 is 17.1 Å². The van der Waals surface area contributed by atoms with E-state index >= 15 is 0 Å². The molecule has 3 aromatic carbocycles. The van der Waals surface area contributed by atoms with Gasteiger partial charge in [0.05, 0.1) is 14.8 Å². The average Bonchev–Trinajstić information content (AvgIpc) is 2.67. The van der Waals surface area contributed by atoms with Crippen molar-refractivity contribution < 1.29 is 19.9 Å². The molecule has 28 heavy (non-hydrogen) atoms. The van der Waals surface area contributed by atoms with Gasteiger partial charge in [-0.25, -0.2) is 0 Å². The van der Waals surface area contributed by atoms with Gasteiger partial charge in [-0.15, -0.1) is 0 Å². The van der Waals surface area contributed by atoms with Gasteiger partial charge in [-0.05, 0) is 11.1 Å². The number of rotatable bonds is 5. The molecular formula is C18H10N3O7. The Morgan fingerprint density at radius 3 is 1.14 bits per heavy atom. The van der Waals surface area contributed by atoms with Gasteiger partial charge in [0.2, 0.25) is 0 Å². The highest BCUT2D eigenvalue weighted by Gasteiger charge is 2.44. The molecule has 0 aromatic heterocycles. The highest BCUT2D eigenvalue weighted by molar-refractivity contribution is 5.99. The fourth-order valence-electron chi connectivity index (χ4n) is 2.98. The molecule has 3 rings (SSSR count). The van der Waals surface area contributed by atoms with Crippen LogP contribution in [0.2, 0.25) is 0 Å². The van der Waals surface area contributed by atoms with E-state index in [0.717, 1.165) is 0 Å². The van der Waals surface area contributed by atoms with E-state index in [0.29, 0.717) is 0 Å². The predicted molar refractivity (Wildman–Crippen MR) is 97.4 cm³/mol. The summed E-state index contributed by atoms with van der Waals surface area (Å²) in [7, 11) is 0. The molecular weight excluding hydrogens is 370 g/mol. The Balaban J connectivity index is 2.63. The summed E-state index contributed by atoms with van der Waals surface area (Å²) >= 11 is 0. The van der Waals surface area contributed by atoms with Gasteiger partial charge >= 0.3 is 17.1 Å². The molecule has 0 bridgehead atoms. The molecule has 0 aliphatic heterocycles. The number of nitrogens with zero attached hydrogens (tertiary/aromatic N) is 3. The first-order chi connectivity index (χ1) is 13.3. The van der Waals surface area contributed by atoms with E-state index in [1.165, 1.54) is 48.5 Å². The van der Waals surface area contributed by atoms with Crippen LogP contribution < -0.4 is 0 Å². The number of nitro benzene ring substituents is 3. The largest absolute Gasteiger partial charge is 0.338 e. The smallest absolute Gasteiger partial charge is 0.274 e. The Kier molecular flexibility index (Phi) is 4.69. The number of nitro groups is 3. The second kappa shape index (κ2) is 7.11. The summed E-state index contributed by atoms with van der Waals surface area (Å²) in [5, 5.41) is 47.8. The van der Waals surface area contributed by atoms with Crippen molar-refractivity contribution in [3.8, 4) is 28.0 Å². The van der Waals surface area contributed by atoms with Crippen molar-refractivity contribution in [1.82, 2.24) is 0 Å². The Labute approximate surface area is 156 Å². The van der Waals surface area contributed by atoms with E-state index in [9.17, 15) is 35.4 Å². The molecule has 0 unspecified atom stereocenters. The van der Waals surface area contributed by atoms with Crippen molar-refractivity contribution in [3.63, 3.8) is 0 Å². The van der Waals surface area contributed by atoms with Crippen LogP contribution in [0.4, 0.5) is 17.1 Å². The van der Waals surface area contributed by atoms with Gasteiger partial charge in [0.15, 0.2) is 0 Å². The summed E-state index contributed by atoms with van der Waals surface area (Å²) < 4.78 is 0. The highest BCUT2D eigenvalue weighted by Crippen LogP contribution is 2.55. The minimum Gasteiger partial charge on any atom is -0.274 e. The molecule has 0 aliphatic rings. The Bertz CT molecular complexity index is 1020. The molecule has 3 aromatic rings. The van der Waals surface area contributed by atoms with Gasteiger partial charge in [-0.2, -0.15) is 0 Å². The average molecular weight is 380 g/mol. The third-order valence-electron chi connectivity index (χ3n) is 4.05. The molecule has 10 nitrogen and oxygen atoms in total. The summed E-state index contributed by atoms with van der Waals surface area (Å²) in [6.07, 6.45) is 0. The predicted octanol–water partition coefficient (Wildman–Crippen LogP) is 4.89. The summed E-state index contributed by atoms with van der Waals surface area (Å²) in [5.41, 5.74) is -4.34. The first-order valence-electron chi connectivity index (χ1n) is 7.79. The van der Waals surface area contributed by atoms with E-state index in [4.69, 9.17) is 0 Å². The molecule has 0 aliphatic carbocycles. The van der Waals surface area contributed by atoms with Crippen molar-refractivity contribution in [2.75, 3.05) is 0 Å². The zero-order valence-corrected chi connectivity index (χ0v) is 14.0. The second-order valence-corrected chi connectivity index (χ2v) is 5.63. The monoisotopic (exact) mass is 380 g/mol. The van der Waals surface area contributed by atoms with E-state index in [1.807, 2.05) is 0 Å². The van der Waals surface area contributed by atoms with Gasteiger partial charge in [0, 0.05) is 0 Å². The lowest BCUT2D eigenvalue weighted by molar-refractivity contribution is -0.403. The molecule has 0 fully saturated rings. The quantitative estimate of drug-likeness (QED) is 0.454. The molecule has 0 amide bonds. The van der Waals surface area contributed by atoms with E-state index in [-0.39, 0.29) is 11.1 Å². The standard InChI is InChI=1S/C18H10N3O7/c22-18-16(20(25)26)13(11-7-3-1-4-8-11)15(19(23)24)14(17(18)21(27)28)12-9-5-2-6-10-12/h1-10H. The van der Waals surface area contributed by atoms with Crippen molar-refractivity contribution in [2.24, 2.45) is 0 Å². The molecule has 0 atom stereocenters. The third-order valence-corrected chi connectivity index (χ3v) is 4.05. The van der Waals surface area contributed by atoms with Crippen LogP contribution in [0, 0.1) is 30.3 Å². The molecule has 0 heterocycles. The lowest BCUT2D eigenvalue weighted by atomic mass is 9.92. The van der Waals surface area contributed by atoms with Gasteiger partial charge in [0.1, 0.15) is 11.1 Å². The second-order valence-electron chi connectivity index (χ2n) is 5.63. The van der Waals surface area contributed by atoms with Crippen LogP contribution in [0.25, 0.3) is 22.3 Å². The molecule has 139 valence electrons. The summed E-state index contributed by atoms with van der Waals surface area (Å²) in [5.74, 6) is -1.49. The summed E-state index contributed by atoms with van der Waals surface area (Å²) in [6, 6.07) is 14.5. The van der Waals surface area contributed by atoms with E-state index < -0.39 is 48.7 Å². The minimum atomic E-state index is -1.49. The molecule has 0 saturated heterocycles. The summed E-state index contributed by atoms with van der Waals surface area (Å²) in [6.45, 7) is 0. The van der Waals surface area contributed by atoms with E-state index in [1.54, 1.807) is 12.1 Å². The van der Waals surface area contributed by atoms with Crippen LogP contribution in [-0.4, -0.2) is 14.8 Å². The molecule has 1 radical (unpaired) electrons. The molecule has 0 N–H and O–H groups in total. The Morgan fingerprint density at radius 1 is 0.536 bits per heavy atom. The Hall–Kier alpha value is -4.34. The molecule has 0 saturated carbocycles.